The Morgan fingerprint density at radius 2 is 1.79 bits per heavy atom. The molecule has 2 aromatic carbocycles. The van der Waals surface area contributed by atoms with E-state index in [0.29, 0.717) is 11.3 Å². The lowest BCUT2D eigenvalue weighted by Crippen LogP contribution is -2.15. The third-order valence-corrected chi connectivity index (χ3v) is 5.02. The number of halogens is 3. The molecule has 5 rings (SSSR count). The van der Waals surface area contributed by atoms with E-state index in [0.717, 1.165) is 4.52 Å². The molecule has 9 nitrogen and oxygen atoms in total. The number of hydrogen-bond donors (Lipinski definition) is 2. The number of imidazole rings is 1. The fraction of sp³-hybridized carbons (Fsp3) is 0.0952. The van der Waals surface area contributed by atoms with Crippen LogP contribution in [0.25, 0.3) is 39.5 Å². The van der Waals surface area contributed by atoms with E-state index in [9.17, 15) is 18.0 Å². The highest BCUT2D eigenvalue weighted by atomic mass is 19.4. The van der Waals surface area contributed by atoms with Crippen LogP contribution in [0.1, 0.15) is 5.69 Å². The molecule has 3 aromatic heterocycles. The van der Waals surface area contributed by atoms with E-state index in [1.807, 2.05) is 0 Å². The van der Waals surface area contributed by atoms with Crippen LogP contribution in [-0.2, 0) is 6.18 Å². The SMILES string of the molecule is COc1cccc(-c2c(-c3nn[nH]n3)[nH]n3c(-c4ccccc4)c(C(F)(F)F)nc3c2=O)c1. The number of ether oxygens (including phenoxy) is 1. The molecule has 0 saturated carbocycles. The first-order valence-electron chi connectivity index (χ1n) is 9.58. The maximum atomic E-state index is 14.0. The molecular weight excluding hydrogens is 439 g/mol. The summed E-state index contributed by atoms with van der Waals surface area (Å²) in [6.45, 7) is 0. The number of aromatic amines is 2. The van der Waals surface area contributed by atoms with Gasteiger partial charge in [0.15, 0.2) is 5.69 Å². The van der Waals surface area contributed by atoms with Crippen molar-refractivity contribution < 1.29 is 17.9 Å². The third-order valence-electron chi connectivity index (χ3n) is 5.02. The molecule has 0 saturated heterocycles. The van der Waals surface area contributed by atoms with Gasteiger partial charge in [0, 0.05) is 5.56 Å². The average molecular weight is 453 g/mol. The highest BCUT2D eigenvalue weighted by molar-refractivity contribution is 5.81. The Kier molecular flexibility index (Phi) is 4.69. The summed E-state index contributed by atoms with van der Waals surface area (Å²) in [6.07, 6.45) is -4.81. The molecule has 0 aliphatic heterocycles. The van der Waals surface area contributed by atoms with Gasteiger partial charge < -0.3 is 4.74 Å². The Morgan fingerprint density at radius 3 is 2.45 bits per heavy atom. The standard InChI is InChI=1S/C21H14F3N7O2/c1-33-13-9-5-8-12(10-13)14-15(19-26-29-30-27-19)28-31-16(11-6-3-2-4-7-11)18(21(22,23)24)25-20(31)17(14)32/h2-10,28H,1H3,(H,26,27,29,30). The second-order valence-electron chi connectivity index (χ2n) is 6.99. The fourth-order valence-corrected chi connectivity index (χ4v) is 3.62. The molecule has 0 fully saturated rings. The second kappa shape index (κ2) is 7.58. The minimum absolute atomic E-state index is 0.00640. The summed E-state index contributed by atoms with van der Waals surface area (Å²) in [6, 6.07) is 14.4. The number of benzene rings is 2. The topological polar surface area (TPSA) is 114 Å². The average Bonchev–Trinajstić information content (AvgIpc) is 3.48. The zero-order chi connectivity index (χ0) is 23.2. The molecule has 0 bridgehead atoms. The summed E-state index contributed by atoms with van der Waals surface area (Å²) >= 11 is 0. The summed E-state index contributed by atoms with van der Waals surface area (Å²) in [7, 11) is 1.46. The van der Waals surface area contributed by atoms with Crippen molar-refractivity contribution in [1.29, 1.82) is 0 Å². The van der Waals surface area contributed by atoms with Gasteiger partial charge in [-0.15, -0.1) is 10.2 Å². The number of aromatic nitrogens is 7. The number of tetrazole rings is 1. The van der Waals surface area contributed by atoms with Crippen LogP contribution in [-0.4, -0.2) is 42.3 Å². The van der Waals surface area contributed by atoms with Crippen molar-refractivity contribution in [2.75, 3.05) is 7.11 Å². The molecule has 0 spiro atoms. The van der Waals surface area contributed by atoms with Crippen LogP contribution < -0.4 is 10.2 Å². The van der Waals surface area contributed by atoms with Crippen LogP contribution >= 0.6 is 0 Å². The molecule has 166 valence electrons. The molecule has 0 amide bonds. The number of hydrogen-bond acceptors (Lipinski definition) is 6. The van der Waals surface area contributed by atoms with Crippen LogP contribution in [0.2, 0.25) is 0 Å². The first-order valence-corrected chi connectivity index (χ1v) is 9.58. The van der Waals surface area contributed by atoms with Gasteiger partial charge in [0.2, 0.25) is 16.9 Å². The van der Waals surface area contributed by atoms with E-state index in [4.69, 9.17) is 4.74 Å². The van der Waals surface area contributed by atoms with E-state index in [2.05, 4.69) is 30.7 Å². The Bertz CT molecular complexity index is 1510. The molecule has 3 heterocycles. The van der Waals surface area contributed by atoms with E-state index < -0.39 is 22.9 Å². The highest BCUT2D eigenvalue weighted by Crippen LogP contribution is 2.37. The van der Waals surface area contributed by atoms with Crippen LogP contribution in [0.3, 0.4) is 0 Å². The summed E-state index contributed by atoms with van der Waals surface area (Å²) in [5, 5.41) is 16.5. The van der Waals surface area contributed by atoms with Crippen molar-refractivity contribution >= 4 is 5.65 Å². The van der Waals surface area contributed by atoms with Crippen LogP contribution in [0, 0.1) is 0 Å². The van der Waals surface area contributed by atoms with E-state index in [1.54, 1.807) is 42.5 Å². The lowest BCUT2D eigenvalue weighted by atomic mass is 10.0. The lowest BCUT2D eigenvalue weighted by Gasteiger charge is -2.11. The van der Waals surface area contributed by atoms with Gasteiger partial charge in [0.1, 0.15) is 17.1 Å². The molecular formula is C21H14F3N7O2. The van der Waals surface area contributed by atoms with Gasteiger partial charge >= 0.3 is 6.18 Å². The van der Waals surface area contributed by atoms with Crippen molar-refractivity contribution in [3.8, 4) is 39.7 Å². The van der Waals surface area contributed by atoms with Gasteiger partial charge in [-0.1, -0.05) is 42.5 Å². The largest absolute Gasteiger partial charge is 0.497 e. The maximum Gasteiger partial charge on any atom is 0.435 e. The Hall–Kier alpha value is -4.48. The summed E-state index contributed by atoms with van der Waals surface area (Å²) in [4.78, 5) is 17.3. The number of H-pyrrole nitrogens is 2. The zero-order valence-electron chi connectivity index (χ0n) is 16.9. The van der Waals surface area contributed by atoms with Gasteiger partial charge in [-0.3, -0.25) is 9.89 Å². The van der Waals surface area contributed by atoms with Crippen molar-refractivity contribution in [3.63, 3.8) is 0 Å². The van der Waals surface area contributed by atoms with Crippen molar-refractivity contribution in [3.05, 3.63) is 70.5 Å². The Labute approximate surface area is 182 Å². The minimum atomic E-state index is -4.81. The van der Waals surface area contributed by atoms with Crippen molar-refractivity contribution in [2.45, 2.75) is 6.18 Å². The van der Waals surface area contributed by atoms with Gasteiger partial charge in [0.25, 0.3) is 0 Å². The number of methoxy groups -OCH3 is 1. The smallest absolute Gasteiger partial charge is 0.435 e. The molecule has 33 heavy (non-hydrogen) atoms. The number of alkyl halides is 3. The predicted octanol–water partition coefficient (Wildman–Crippen LogP) is 3.56. The highest BCUT2D eigenvalue weighted by Gasteiger charge is 2.39. The van der Waals surface area contributed by atoms with Gasteiger partial charge in [-0.05, 0) is 22.9 Å². The normalized spacial score (nSPS) is 11.8. The molecule has 2 N–H and O–H groups in total. The van der Waals surface area contributed by atoms with Gasteiger partial charge in [0.05, 0.1) is 12.7 Å². The molecule has 12 heteroatoms. The van der Waals surface area contributed by atoms with Crippen molar-refractivity contribution in [2.24, 2.45) is 0 Å². The molecule has 0 atom stereocenters. The first kappa shape index (κ1) is 20.4. The fourth-order valence-electron chi connectivity index (χ4n) is 3.62. The summed E-state index contributed by atoms with van der Waals surface area (Å²) < 4.78 is 48.1. The predicted molar refractivity (Wildman–Crippen MR) is 111 cm³/mol. The molecule has 5 aromatic rings. The second-order valence-corrected chi connectivity index (χ2v) is 6.99. The number of fused-ring (bicyclic) bond motifs is 1. The molecule has 0 aliphatic rings. The molecule has 0 aliphatic carbocycles. The molecule has 0 radical (unpaired) electrons. The number of rotatable bonds is 4. The number of nitrogens with zero attached hydrogens (tertiary/aromatic N) is 5. The third kappa shape index (κ3) is 3.41. The Morgan fingerprint density at radius 1 is 1.03 bits per heavy atom. The molecule has 0 unspecified atom stereocenters. The zero-order valence-corrected chi connectivity index (χ0v) is 16.9. The summed E-state index contributed by atoms with van der Waals surface area (Å²) in [5.41, 5.74) is -1.96. The van der Waals surface area contributed by atoms with E-state index >= 15 is 0 Å². The quantitative estimate of drug-likeness (QED) is 0.430. The van der Waals surface area contributed by atoms with Crippen LogP contribution in [0.5, 0.6) is 5.75 Å². The van der Waals surface area contributed by atoms with Crippen molar-refractivity contribution in [1.82, 2.24) is 35.2 Å². The summed E-state index contributed by atoms with van der Waals surface area (Å²) in [5.74, 6) is 0.447. The van der Waals surface area contributed by atoms with E-state index in [1.165, 1.54) is 19.2 Å². The maximum absolute atomic E-state index is 14.0. The minimum Gasteiger partial charge on any atom is -0.497 e. The van der Waals surface area contributed by atoms with Gasteiger partial charge in [-0.25, -0.2) is 9.50 Å². The van der Waals surface area contributed by atoms with Crippen LogP contribution in [0.4, 0.5) is 13.2 Å². The van der Waals surface area contributed by atoms with Gasteiger partial charge in [-0.2, -0.15) is 18.4 Å². The Balaban J connectivity index is 1.93. The van der Waals surface area contributed by atoms with E-state index in [-0.39, 0.29) is 28.3 Å². The lowest BCUT2D eigenvalue weighted by molar-refractivity contribution is -0.140. The van der Waals surface area contributed by atoms with Crippen LogP contribution in [0.15, 0.2) is 59.4 Å². The number of nitrogens with one attached hydrogen (secondary N) is 2. The first-order chi connectivity index (χ1) is 15.9. The monoisotopic (exact) mass is 453 g/mol.